The van der Waals surface area contributed by atoms with Crippen molar-refractivity contribution < 1.29 is 9.53 Å². The smallest absolute Gasteiger partial charge is 0.231 e. The van der Waals surface area contributed by atoms with Crippen LogP contribution in [0, 0.1) is 0 Å². The highest BCUT2D eigenvalue weighted by molar-refractivity contribution is 9.10. The Kier molecular flexibility index (Phi) is 3.37. The second-order valence-corrected chi connectivity index (χ2v) is 6.53. The van der Waals surface area contributed by atoms with E-state index in [1.165, 1.54) is 11.1 Å². The van der Waals surface area contributed by atoms with Crippen molar-refractivity contribution in [2.75, 3.05) is 6.61 Å². The van der Waals surface area contributed by atoms with Crippen molar-refractivity contribution in [2.45, 2.75) is 24.8 Å². The van der Waals surface area contributed by atoms with Gasteiger partial charge in [-0.05, 0) is 36.1 Å². The molecule has 4 nitrogen and oxygen atoms in total. The fourth-order valence-corrected chi connectivity index (χ4v) is 3.99. The number of amides is 1. The first-order chi connectivity index (χ1) is 10.7. The Morgan fingerprint density at radius 2 is 2.23 bits per heavy atom. The van der Waals surface area contributed by atoms with Crippen molar-refractivity contribution in [3.8, 4) is 5.88 Å². The quantitative estimate of drug-likeness (QED) is 0.897. The average Bonchev–Trinajstić information content (AvgIpc) is 3.12. The number of aromatic nitrogens is 1. The molecule has 0 spiro atoms. The summed E-state index contributed by atoms with van der Waals surface area (Å²) in [6.45, 7) is 0.369. The fraction of sp³-hybridized carbons (Fsp3) is 0.294. The van der Waals surface area contributed by atoms with Crippen LogP contribution in [0.3, 0.4) is 0 Å². The molecule has 0 unspecified atom stereocenters. The van der Waals surface area contributed by atoms with Crippen LogP contribution in [0.5, 0.6) is 5.88 Å². The summed E-state index contributed by atoms with van der Waals surface area (Å²) in [6.07, 6.45) is 3.62. The second kappa shape index (κ2) is 5.39. The topological polar surface area (TPSA) is 51.2 Å². The standard InChI is InChI=1S/C17H15BrN2O2/c18-13-5-1-3-10-6-7-14(15(10)13)20-16(21)12-9-22-17-11(12)4-2-8-19-17/h1-5,8,12,14H,6-7,9H2,(H,20,21)/t12-,14+/m0/s1. The van der Waals surface area contributed by atoms with Crippen molar-refractivity contribution >= 4 is 21.8 Å². The van der Waals surface area contributed by atoms with Crippen LogP contribution in [0.1, 0.15) is 35.1 Å². The van der Waals surface area contributed by atoms with E-state index in [0.717, 1.165) is 22.9 Å². The fourth-order valence-electron chi connectivity index (χ4n) is 3.31. The van der Waals surface area contributed by atoms with Gasteiger partial charge in [-0.1, -0.05) is 34.1 Å². The maximum absolute atomic E-state index is 12.7. The highest BCUT2D eigenvalue weighted by atomic mass is 79.9. The van der Waals surface area contributed by atoms with Crippen LogP contribution in [0.15, 0.2) is 41.0 Å². The number of carbonyl (C=O) groups excluding carboxylic acids is 1. The van der Waals surface area contributed by atoms with Gasteiger partial charge >= 0.3 is 0 Å². The lowest BCUT2D eigenvalue weighted by molar-refractivity contribution is -0.123. The average molecular weight is 359 g/mol. The summed E-state index contributed by atoms with van der Waals surface area (Å²) in [6, 6.07) is 10.0. The number of pyridine rings is 1. The van der Waals surface area contributed by atoms with E-state index < -0.39 is 0 Å². The molecule has 1 aliphatic carbocycles. The molecule has 0 radical (unpaired) electrons. The van der Waals surface area contributed by atoms with Gasteiger partial charge in [-0.15, -0.1) is 0 Å². The molecule has 1 aromatic carbocycles. The lowest BCUT2D eigenvalue weighted by Gasteiger charge is -2.18. The SMILES string of the molecule is O=C(N[C@@H]1CCc2cccc(Br)c21)[C@H]1COc2ncccc21. The molecule has 2 aromatic rings. The zero-order valence-corrected chi connectivity index (χ0v) is 13.5. The molecule has 0 saturated carbocycles. The molecule has 5 heteroatoms. The third kappa shape index (κ3) is 2.20. The van der Waals surface area contributed by atoms with Gasteiger partial charge in [0.1, 0.15) is 12.5 Å². The minimum absolute atomic E-state index is 0.0142. The summed E-state index contributed by atoms with van der Waals surface area (Å²) in [5, 5.41) is 3.18. The molecular weight excluding hydrogens is 344 g/mol. The van der Waals surface area contributed by atoms with E-state index in [4.69, 9.17) is 4.74 Å². The molecule has 1 aliphatic heterocycles. The number of rotatable bonds is 2. The van der Waals surface area contributed by atoms with E-state index in [9.17, 15) is 4.79 Å². The van der Waals surface area contributed by atoms with Crippen LogP contribution in [-0.4, -0.2) is 17.5 Å². The van der Waals surface area contributed by atoms with Gasteiger partial charge in [0.15, 0.2) is 0 Å². The molecule has 4 rings (SSSR count). The Bertz CT molecular complexity index is 747. The van der Waals surface area contributed by atoms with Gasteiger partial charge in [0.25, 0.3) is 0 Å². The van der Waals surface area contributed by atoms with Crippen molar-refractivity contribution in [1.82, 2.24) is 10.3 Å². The monoisotopic (exact) mass is 358 g/mol. The van der Waals surface area contributed by atoms with Crippen LogP contribution >= 0.6 is 15.9 Å². The third-order valence-electron chi connectivity index (χ3n) is 4.39. The van der Waals surface area contributed by atoms with E-state index in [1.807, 2.05) is 24.3 Å². The van der Waals surface area contributed by atoms with Gasteiger partial charge in [0.05, 0.1) is 6.04 Å². The first kappa shape index (κ1) is 13.8. The minimum Gasteiger partial charge on any atom is -0.476 e. The number of aryl methyl sites for hydroxylation is 1. The summed E-state index contributed by atoms with van der Waals surface area (Å²) in [5.74, 6) is 0.325. The van der Waals surface area contributed by atoms with Crippen molar-refractivity contribution in [1.29, 1.82) is 0 Å². The molecule has 22 heavy (non-hydrogen) atoms. The van der Waals surface area contributed by atoms with Crippen LogP contribution in [0.25, 0.3) is 0 Å². The lowest BCUT2D eigenvalue weighted by Crippen LogP contribution is -2.32. The Labute approximate surface area is 137 Å². The van der Waals surface area contributed by atoms with Crippen molar-refractivity contribution in [3.63, 3.8) is 0 Å². The molecular formula is C17H15BrN2O2. The number of carbonyl (C=O) groups is 1. The zero-order chi connectivity index (χ0) is 15.1. The largest absolute Gasteiger partial charge is 0.476 e. The molecule has 2 atom stereocenters. The number of halogens is 1. The van der Waals surface area contributed by atoms with E-state index in [-0.39, 0.29) is 17.9 Å². The van der Waals surface area contributed by atoms with E-state index >= 15 is 0 Å². The van der Waals surface area contributed by atoms with Gasteiger partial charge < -0.3 is 10.1 Å². The zero-order valence-electron chi connectivity index (χ0n) is 11.9. The number of fused-ring (bicyclic) bond motifs is 2. The number of hydrogen-bond donors (Lipinski definition) is 1. The van der Waals surface area contributed by atoms with Gasteiger partial charge in [-0.25, -0.2) is 4.98 Å². The Morgan fingerprint density at radius 3 is 3.14 bits per heavy atom. The summed E-state index contributed by atoms with van der Waals surface area (Å²) in [4.78, 5) is 16.8. The molecule has 1 aromatic heterocycles. The number of ether oxygens (including phenoxy) is 1. The van der Waals surface area contributed by atoms with Crippen LogP contribution < -0.4 is 10.1 Å². The first-order valence-corrected chi connectivity index (χ1v) is 8.18. The predicted molar refractivity (Wildman–Crippen MR) is 85.8 cm³/mol. The number of nitrogens with zero attached hydrogens (tertiary/aromatic N) is 1. The van der Waals surface area contributed by atoms with E-state index in [1.54, 1.807) is 6.20 Å². The second-order valence-electron chi connectivity index (χ2n) is 5.67. The highest BCUT2D eigenvalue weighted by Gasteiger charge is 2.34. The molecule has 2 aliphatic rings. The van der Waals surface area contributed by atoms with Crippen LogP contribution in [0.2, 0.25) is 0 Å². The van der Waals surface area contributed by atoms with Gasteiger partial charge in [0, 0.05) is 16.2 Å². The summed E-state index contributed by atoms with van der Waals surface area (Å²) < 4.78 is 6.58. The molecule has 1 N–H and O–H groups in total. The molecule has 0 fully saturated rings. The molecule has 2 heterocycles. The number of hydrogen-bond acceptors (Lipinski definition) is 3. The maximum Gasteiger partial charge on any atom is 0.231 e. The minimum atomic E-state index is -0.268. The first-order valence-electron chi connectivity index (χ1n) is 7.39. The normalized spacial score (nSPS) is 21.9. The Hall–Kier alpha value is -1.88. The van der Waals surface area contributed by atoms with E-state index in [2.05, 4.69) is 32.3 Å². The summed E-state index contributed by atoms with van der Waals surface area (Å²) >= 11 is 3.60. The van der Waals surface area contributed by atoms with Gasteiger partial charge in [-0.2, -0.15) is 0 Å². The van der Waals surface area contributed by atoms with E-state index in [0.29, 0.717) is 12.5 Å². The highest BCUT2D eigenvalue weighted by Crippen LogP contribution is 2.38. The van der Waals surface area contributed by atoms with Gasteiger partial charge in [-0.3, -0.25) is 4.79 Å². The molecule has 112 valence electrons. The number of nitrogens with one attached hydrogen (secondary N) is 1. The van der Waals surface area contributed by atoms with Crippen LogP contribution in [0.4, 0.5) is 0 Å². The Balaban J connectivity index is 1.56. The molecule has 1 amide bonds. The predicted octanol–water partition coefficient (Wildman–Crippen LogP) is 3.12. The summed E-state index contributed by atoms with van der Waals surface area (Å²) in [7, 11) is 0. The number of benzene rings is 1. The maximum atomic E-state index is 12.7. The van der Waals surface area contributed by atoms with Crippen molar-refractivity contribution in [2.24, 2.45) is 0 Å². The third-order valence-corrected chi connectivity index (χ3v) is 5.08. The Morgan fingerprint density at radius 1 is 1.32 bits per heavy atom. The van der Waals surface area contributed by atoms with Crippen LogP contribution in [-0.2, 0) is 11.2 Å². The van der Waals surface area contributed by atoms with Gasteiger partial charge in [0.2, 0.25) is 11.8 Å². The summed E-state index contributed by atoms with van der Waals surface area (Å²) in [5.41, 5.74) is 3.40. The lowest BCUT2D eigenvalue weighted by atomic mass is 10.0. The molecule has 0 saturated heterocycles. The molecule has 0 bridgehead atoms. The van der Waals surface area contributed by atoms with Crippen molar-refractivity contribution in [3.05, 3.63) is 57.7 Å².